The van der Waals surface area contributed by atoms with E-state index in [1.54, 1.807) is 30.5 Å². The Morgan fingerprint density at radius 3 is 3.00 bits per heavy atom. The van der Waals surface area contributed by atoms with E-state index in [9.17, 15) is 9.59 Å². The Hall–Kier alpha value is -2.15. The summed E-state index contributed by atoms with van der Waals surface area (Å²) in [5.41, 5.74) is 0.563. The molecule has 2 aromatic heterocycles. The van der Waals surface area contributed by atoms with Gasteiger partial charge in [-0.2, -0.15) is 0 Å². The summed E-state index contributed by atoms with van der Waals surface area (Å²) in [7, 11) is 0. The van der Waals surface area contributed by atoms with E-state index in [0.29, 0.717) is 16.3 Å². The van der Waals surface area contributed by atoms with Gasteiger partial charge in [-0.05, 0) is 18.4 Å². The summed E-state index contributed by atoms with van der Waals surface area (Å²) in [4.78, 5) is 23.1. The van der Waals surface area contributed by atoms with Gasteiger partial charge in [-0.3, -0.25) is 0 Å². The number of carbonyl (C=O) groups excluding carboxylic acids is 2. The molecule has 0 saturated carbocycles. The largest absolute Gasteiger partial charge is 0.415 e. The Morgan fingerprint density at radius 1 is 1.56 bits per heavy atom. The van der Waals surface area contributed by atoms with Crippen molar-refractivity contribution in [3.05, 3.63) is 39.9 Å². The fourth-order valence-corrected chi connectivity index (χ4v) is 1.83. The Bertz CT molecular complexity index is 547. The zero-order valence-electron chi connectivity index (χ0n) is 9.50. The van der Waals surface area contributed by atoms with Gasteiger partial charge in [0.2, 0.25) is 0 Å². The van der Waals surface area contributed by atoms with E-state index in [1.807, 2.05) is 0 Å². The minimum atomic E-state index is -0.811. The highest BCUT2D eigenvalue weighted by Gasteiger charge is 2.13. The van der Waals surface area contributed by atoms with Gasteiger partial charge < -0.3 is 14.6 Å². The molecule has 0 spiro atoms. The molecule has 18 heavy (non-hydrogen) atoms. The quantitative estimate of drug-likeness (QED) is 0.679. The molecule has 0 saturated heterocycles. The topological polar surface area (TPSA) is 81.4 Å². The van der Waals surface area contributed by atoms with Gasteiger partial charge in [0.15, 0.2) is 0 Å². The van der Waals surface area contributed by atoms with Crippen LogP contribution in [0.2, 0.25) is 0 Å². The van der Waals surface area contributed by atoms with E-state index in [-0.39, 0.29) is 6.54 Å². The highest BCUT2D eigenvalue weighted by atomic mass is 32.1. The van der Waals surface area contributed by atoms with Gasteiger partial charge in [-0.1, -0.05) is 11.2 Å². The number of aromatic nitrogens is 1. The van der Waals surface area contributed by atoms with Gasteiger partial charge in [0.05, 0.1) is 6.54 Å². The molecule has 94 valence electrons. The van der Waals surface area contributed by atoms with Crippen LogP contribution in [0.3, 0.4) is 0 Å². The van der Waals surface area contributed by atoms with E-state index >= 15 is 0 Å². The number of ether oxygens (including phenoxy) is 1. The fourth-order valence-electron chi connectivity index (χ4n) is 1.23. The molecule has 0 fully saturated rings. The predicted octanol–water partition coefficient (Wildman–Crippen LogP) is 2.11. The van der Waals surface area contributed by atoms with E-state index in [0.717, 1.165) is 0 Å². The normalized spacial score (nSPS) is 10.1. The van der Waals surface area contributed by atoms with Crippen LogP contribution in [0.15, 0.2) is 28.1 Å². The molecule has 0 radical (unpaired) electrons. The van der Waals surface area contributed by atoms with Crippen LogP contribution in [0.25, 0.3) is 0 Å². The zero-order chi connectivity index (χ0) is 13.0. The molecular weight excluding hydrogens is 256 g/mol. The maximum absolute atomic E-state index is 11.4. The lowest BCUT2D eigenvalue weighted by Crippen LogP contribution is -2.26. The summed E-state index contributed by atoms with van der Waals surface area (Å²) in [6.45, 7) is 1.89. The first-order valence-corrected chi connectivity index (χ1v) is 5.99. The van der Waals surface area contributed by atoms with Crippen molar-refractivity contribution in [2.24, 2.45) is 0 Å². The summed E-state index contributed by atoms with van der Waals surface area (Å²) in [5.74, 6) is -0.0198. The van der Waals surface area contributed by atoms with Crippen molar-refractivity contribution in [1.29, 1.82) is 0 Å². The van der Waals surface area contributed by atoms with Crippen molar-refractivity contribution < 1.29 is 18.8 Å². The molecule has 1 N–H and O–H groups in total. The van der Waals surface area contributed by atoms with Crippen molar-refractivity contribution in [2.45, 2.75) is 13.5 Å². The highest BCUT2D eigenvalue weighted by molar-refractivity contribution is 7.12. The first-order valence-electron chi connectivity index (χ1n) is 5.11. The van der Waals surface area contributed by atoms with E-state index in [1.165, 1.54) is 11.3 Å². The summed E-state index contributed by atoms with van der Waals surface area (Å²) >= 11 is 1.21. The molecule has 6 nitrogen and oxygen atoms in total. The third-order valence-corrected chi connectivity index (χ3v) is 2.85. The third kappa shape index (κ3) is 3.17. The van der Waals surface area contributed by atoms with Crippen molar-refractivity contribution in [1.82, 2.24) is 10.5 Å². The molecule has 2 aromatic rings. The molecule has 0 aromatic carbocycles. The van der Waals surface area contributed by atoms with Gasteiger partial charge in [-0.15, -0.1) is 11.3 Å². The zero-order valence-corrected chi connectivity index (χ0v) is 10.3. The maximum Gasteiger partial charge on any atom is 0.415 e. The number of nitrogens with one attached hydrogen (secondary N) is 1. The highest BCUT2D eigenvalue weighted by Crippen LogP contribution is 2.09. The summed E-state index contributed by atoms with van der Waals surface area (Å²) in [6, 6.07) is 4.97. The Morgan fingerprint density at radius 2 is 2.39 bits per heavy atom. The van der Waals surface area contributed by atoms with Crippen LogP contribution in [0.5, 0.6) is 0 Å². The molecule has 0 bridgehead atoms. The monoisotopic (exact) mass is 266 g/mol. The fraction of sp³-hybridized carbons (Fsp3) is 0.182. The average Bonchev–Trinajstić information content (AvgIpc) is 2.97. The number of nitrogens with zero attached hydrogens (tertiary/aromatic N) is 1. The smallest absolute Gasteiger partial charge is 0.372 e. The molecule has 0 aliphatic heterocycles. The number of aryl methyl sites for hydroxylation is 1. The van der Waals surface area contributed by atoms with Crippen molar-refractivity contribution in [2.75, 3.05) is 0 Å². The van der Waals surface area contributed by atoms with Gasteiger partial charge >= 0.3 is 12.1 Å². The maximum atomic E-state index is 11.4. The molecular formula is C11H10N2O4S. The first kappa shape index (κ1) is 12.3. The van der Waals surface area contributed by atoms with E-state index in [4.69, 9.17) is 4.52 Å². The molecule has 0 aliphatic rings. The Labute approximate surface area is 107 Å². The predicted molar refractivity (Wildman–Crippen MR) is 63.2 cm³/mol. The van der Waals surface area contributed by atoms with E-state index in [2.05, 4.69) is 15.2 Å². The summed E-state index contributed by atoms with van der Waals surface area (Å²) in [5, 5.41) is 7.82. The average molecular weight is 266 g/mol. The van der Waals surface area contributed by atoms with Crippen LogP contribution in [-0.4, -0.2) is 17.2 Å². The van der Waals surface area contributed by atoms with Crippen molar-refractivity contribution in [3.8, 4) is 0 Å². The van der Waals surface area contributed by atoms with Crippen LogP contribution in [0, 0.1) is 6.92 Å². The number of carbonyl (C=O) groups is 2. The molecule has 2 rings (SSSR count). The Kier molecular flexibility index (Phi) is 3.73. The summed E-state index contributed by atoms with van der Waals surface area (Å²) in [6.07, 6.45) is -0.811. The second-order valence-electron chi connectivity index (χ2n) is 3.44. The molecule has 0 aliphatic carbocycles. The van der Waals surface area contributed by atoms with Crippen LogP contribution in [-0.2, 0) is 11.3 Å². The van der Waals surface area contributed by atoms with Crippen LogP contribution in [0.4, 0.5) is 4.79 Å². The number of hydrogen-bond acceptors (Lipinski definition) is 6. The first-order chi connectivity index (χ1) is 8.65. The number of thiophene rings is 1. The molecule has 0 atom stereocenters. The third-order valence-electron chi connectivity index (χ3n) is 2.00. The number of alkyl carbamates (subject to hydrolysis) is 1. The molecule has 7 heteroatoms. The minimum Gasteiger partial charge on any atom is -0.372 e. The second kappa shape index (κ2) is 5.46. The number of amides is 1. The minimum absolute atomic E-state index is 0.147. The number of esters is 1. The van der Waals surface area contributed by atoms with Gasteiger partial charge in [-0.25, -0.2) is 9.59 Å². The lowest BCUT2D eigenvalue weighted by molar-refractivity contribution is 0.0626. The van der Waals surface area contributed by atoms with Crippen LogP contribution >= 0.6 is 11.3 Å². The lowest BCUT2D eigenvalue weighted by atomic mass is 10.4. The number of hydrogen-bond donors (Lipinski definition) is 1. The van der Waals surface area contributed by atoms with Gasteiger partial charge in [0.1, 0.15) is 16.3 Å². The van der Waals surface area contributed by atoms with Crippen LogP contribution in [0.1, 0.15) is 21.1 Å². The van der Waals surface area contributed by atoms with Crippen molar-refractivity contribution >= 4 is 23.4 Å². The Balaban J connectivity index is 1.80. The van der Waals surface area contributed by atoms with Gasteiger partial charge in [0.25, 0.3) is 0 Å². The summed E-state index contributed by atoms with van der Waals surface area (Å²) < 4.78 is 9.42. The van der Waals surface area contributed by atoms with Crippen LogP contribution < -0.4 is 5.32 Å². The SMILES string of the molecule is Cc1cc(CNC(=O)OC(=O)c2cccs2)no1. The van der Waals surface area contributed by atoms with Gasteiger partial charge in [0, 0.05) is 6.07 Å². The molecule has 2 heterocycles. The second-order valence-corrected chi connectivity index (χ2v) is 4.38. The number of rotatable bonds is 3. The van der Waals surface area contributed by atoms with E-state index < -0.39 is 12.1 Å². The molecule has 0 unspecified atom stereocenters. The van der Waals surface area contributed by atoms with Crippen molar-refractivity contribution in [3.63, 3.8) is 0 Å². The molecule has 1 amide bonds. The lowest BCUT2D eigenvalue weighted by Gasteiger charge is -2.02. The standard InChI is InChI=1S/C11H10N2O4S/c1-7-5-8(13-17-7)6-12-11(15)16-10(14)9-3-2-4-18-9/h2-5H,6H2,1H3,(H,12,15).